The van der Waals surface area contributed by atoms with E-state index in [2.05, 4.69) is 0 Å². The first-order chi connectivity index (χ1) is 3.72. The molecule has 0 aliphatic heterocycles. The number of rotatable bonds is 1. The molecule has 2 unspecified atom stereocenters. The summed E-state index contributed by atoms with van der Waals surface area (Å²) in [5.74, 6) is 0. The van der Waals surface area contributed by atoms with Crippen LogP contribution in [0.2, 0.25) is 0 Å². The van der Waals surface area contributed by atoms with Crippen LogP contribution in [-0.2, 0) is 0 Å². The molecule has 0 saturated heterocycles. The molecular formula is C4H4N2O2. The Hall–Kier alpha value is -1.10. The molecule has 0 aromatic heterocycles. The van der Waals surface area contributed by atoms with Crippen molar-refractivity contribution in [3.63, 3.8) is 0 Å². The van der Waals surface area contributed by atoms with Crippen LogP contribution in [0.25, 0.3) is 0 Å². The van der Waals surface area contributed by atoms with Crippen molar-refractivity contribution in [3.8, 4) is 12.1 Å². The highest BCUT2D eigenvalue weighted by Gasteiger charge is 2.12. The molecule has 0 aromatic carbocycles. The van der Waals surface area contributed by atoms with Gasteiger partial charge in [-0.05, 0) is 0 Å². The fraction of sp³-hybridized carbons (Fsp3) is 0.500. The lowest BCUT2D eigenvalue weighted by molar-refractivity contribution is 0.0905. The zero-order valence-electron chi connectivity index (χ0n) is 3.94. The standard InChI is InChI=1S/C4H4N2O2/c5-1-3(7)4(8)2-6/h3-4,7-8H. The molecule has 0 radical (unpaired) electrons. The smallest absolute Gasteiger partial charge is 0.179 e. The Balaban J connectivity index is 3.72. The number of aliphatic hydroxyl groups excluding tert-OH is 2. The first-order valence-corrected chi connectivity index (χ1v) is 1.87. The van der Waals surface area contributed by atoms with Crippen molar-refractivity contribution in [1.29, 1.82) is 10.5 Å². The van der Waals surface area contributed by atoms with E-state index in [1.165, 1.54) is 12.1 Å². The molecule has 0 rings (SSSR count). The molecule has 0 aliphatic rings. The molecule has 0 amide bonds. The van der Waals surface area contributed by atoms with Crippen molar-refractivity contribution in [2.75, 3.05) is 0 Å². The largest absolute Gasteiger partial charge is 0.375 e. The van der Waals surface area contributed by atoms with Crippen LogP contribution in [0.15, 0.2) is 0 Å². The average molecular weight is 112 g/mol. The maximum Gasteiger partial charge on any atom is 0.179 e. The summed E-state index contributed by atoms with van der Waals surface area (Å²) < 4.78 is 0. The Labute approximate surface area is 46.2 Å². The molecule has 0 saturated carbocycles. The molecule has 0 bridgehead atoms. The second-order valence-electron chi connectivity index (χ2n) is 1.15. The first-order valence-electron chi connectivity index (χ1n) is 1.87. The molecule has 0 spiro atoms. The number of hydrogen-bond acceptors (Lipinski definition) is 4. The molecule has 2 atom stereocenters. The molecule has 0 aromatic rings. The van der Waals surface area contributed by atoms with Crippen molar-refractivity contribution < 1.29 is 10.2 Å². The van der Waals surface area contributed by atoms with E-state index in [0.717, 1.165) is 0 Å². The normalized spacial score (nSPS) is 15.5. The monoisotopic (exact) mass is 112 g/mol. The van der Waals surface area contributed by atoms with Gasteiger partial charge in [0.05, 0.1) is 12.1 Å². The fourth-order valence-corrected chi connectivity index (χ4v) is 0.141. The third-order valence-electron chi connectivity index (χ3n) is 0.564. The topological polar surface area (TPSA) is 88.0 Å². The van der Waals surface area contributed by atoms with Crippen LogP contribution in [0.3, 0.4) is 0 Å². The summed E-state index contributed by atoms with van der Waals surface area (Å²) in [5.41, 5.74) is 0. The van der Waals surface area contributed by atoms with Gasteiger partial charge in [-0.1, -0.05) is 0 Å². The van der Waals surface area contributed by atoms with Crippen molar-refractivity contribution in [1.82, 2.24) is 0 Å². The number of aliphatic hydroxyl groups is 2. The summed E-state index contributed by atoms with van der Waals surface area (Å²) >= 11 is 0. The maximum absolute atomic E-state index is 8.29. The van der Waals surface area contributed by atoms with E-state index in [0.29, 0.717) is 0 Å². The third-order valence-corrected chi connectivity index (χ3v) is 0.564. The van der Waals surface area contributed by atoms with Crippen molar-refractivity contribution in [2.24, 2.45) is 0 Å². The zero-order valence-corrected chi connectivity index (χ0v) is 3.94. The molecule has 8 heavy (non-hydrogen) atoms. The van der Waals surface area contributed by atoms with Gasteiger partial charge in [0.1, 0.15) is 0 Å². The average Bonchev–Trinajstić information content (AvgIpc) is 1.84. The summed E-state index contributed by atoms with van der Waals surface area (Å²) in [6.07, 6.45) is -3.17. The lowest BCUT2D eigenvalue weighted by atomic mass is 10.2. The van der Waals surface area contributed by atoms with Crippen LogP contribution in [-0.4, -0.2) is 22.4 Å². The van der Waals surface area contributed by atoms with E-state index in [1.54, 1.807) is 0 Å². The summed E-state index contributed by atoms with van der Waals surface area (Å²) in [7, 11) is 0. The second-order valence-corrected chi connectivity index (χ2v) is 1.15. The van der Waals surface area contributed by atoms with Gasteiger partial charge in [0.15, 0.2) is 12.2 Å². The van der Waals surface area contributed by atoms with E-state index in [9.17, 15) is 0 Å². The molecule has 0 aliphatic carbocycles. The van der Waals surface area contributed by atoms with Gasteiger partial charge >= 0.3 is 0 Å². The molecular weight excluding hydrogens is 108 g/mol. The molecule has 2 N–H and O–H groups in total. The van der Waals surface area contributed by atoms with Gasteiger partial charge in [-0.15, -0.1) is 0 Å². The molecule has 0 fully saturated rings. The first kappa shape index (κ1) is 6.90. The van der Waals surface area contributed by atoms with E-state index < -0.39 is 12.2 Å². The van der Waals surface area contributed by atoms with Crippen molar-refractivity contribution >= 4 is 0 Å². The Bertz CT molecular complexity index is 125. The van der Waals surface area contributed by atoms with Crippen molar-refractivity contribution in [3.05, 3.63) is 0 Å². The minimum atomic E-state index is -1.58. The Kier molecular flexibility index (Phi) is 2.57. The van der Waals surface area contributed by atoms with Gasteiger partial charge in [-0.3, -0.25) is 0 Å². The van der Waals surface area contributed by atoms with Crippen LogP contribution in [0.4, 0.5) is 0 Å². The lowest BCUT2D eigenvalue weighted by Gasteiger charge is -1.97. The van der Waals surface area contributed by atoms with Crippen LogP contribution in [0.5, 0.6) is 0 Å². The van der Waals surface area contributed by atoms with Gasteiger partial charge in [0, 0.05) is 0 Å². The molecule has 4 nitrogen and oxygen atoms in total. The van der Waals surface area contributed by atoms with Crippen LogP contribution in [0, 0.1) is 22.7 Å². The predicted molar refractivity (Wildman–Crippen MR) is 23.2 cm³/mol. The zero-order chi connectivity index (χ0) is 6.57. The summed E-state index contributed by atoms with van der Waals surface area (Å²) in [4.78, 5) is 0. The minimum Gasteiger partial charge on any atom is -0.375 e. The highest BCUT2D eigenvalue weighted by Crippen LogP contribution is 1.86. The van der Waals surface area contributed by atoms with E-state index in [4.69, 9.17) is 20.7 Å². The lowest BCUT2D eigenvalue weighted by Crippen LogP contribution is -2.21. The van der Waals surface area contributed by atoms with E-state index in [1.807, 2.05) is 0 Å². The van der Waals surface area contributed by atoms with Gasteiger partial charge in [-0.2, -0.15) is 10.5 Å². The molecule has 0 heterocycles. The third kappa shape index (κ3) is 1.57. The van der Waals surface area contributed by atoms with E-state index in [-0.39, 0.29) is 0 Å². The SMILES string of the molecule is N#CC(O)C(O)C#N. The maximum atomic E-state index is 8.29. The minimum absolute atomic E-state index is 1.30. The summed E-state index contributed by atoms with van der Waals surface area (Å²) in [6.45, 7) is 0. The number of nitrogens with zero attached hydrogens (tertiary/aromatic N) is 2. The second kappa shape index (κ2) is 2.98. The Morgan fingerprint density at radius 1 is 1.00 bits per heavy atom. The summed E-state index contributed by atoms with van der Waals surface area (Å²) in [6, 6.07) is 2.60. The fourth-order valence-electron chi connectivity index (χ4n) is 0.141. The molecule has 42 valence electrons. The highest BCUT2D eigenvalue weighted by molar-refractivity contribution is 4.98. The Morgan fingerprint density at radius 3 is 1.38 bits per heavy atom. The highest BCUT2D eigenvalue weighted by atomic mass is 16.3. The predicted octanol–water partition coefficient (Wildman–Crippen LogP) is -1.24. The quantitative estimate of drug-likeness (QED) is 0.415. The van der Waals surface area contributed by atoms with Gasteiger partial charge in [0.25, 0.3) is 0 Å². The van der Waals surface area contributed by atoms with Gasteiger partial charge in [0.2, 0.25) is 0 Å². The summed E-state index contributed by atoms with van der Waals surface area (Å²) in [5, 5.41) is 32.2. The van der Waals surface area contributed by atoms with Crippen LogP contribution < -0.4 is 0 Å². The van der Waals surface area contributed by atoms with Crippen LogP contribution >= 0.6 is 0 Å². The van der Waals surface area contributed by atoms with Gasteiger partial charge < -0.3 is 10.2 Å². The Morgan fingerprint density at radius 2 is 1.25 bits per heavy atom. The molecule has 4 heteroatoms. The van der Waals surface area contributed by atoms with E-state index >= 15 is 0 Å². The number of hydrogen-bond donors (Lipinski definition) is 2. The number of nitriles is 2. The van der Waals surface area contributed by atoms with Gasteiger partial charge in [-0.25, -0.2) is 0 Å². The van der Waals surface area contributed by atoms with Crippen molar-refractivity contribution in [2.45, 2.75) is 12.2 Å². The van der Waals surface area contributed by atoms with Crippen LogP contribution in [0.1, 0.15) is 0 Å².